The van der Waals surface area contributed by atoms with Gasteiger partial charge in [-0.25, -0.2) is 0 Å². The molecular formula is C53H36N2O2. The van der Waals surface area contributed by atoms with E-state index >= 15 is 0 Å². The fourth-order valence-electron chi connectivity index (χ4n) is 9.45. The molecule has 0 amide bonds. The molecule has 270 valence electrons. The van der Waals surface area contributed by atoms with Gasteiger partial charge in [0.05, 0.1) is 27.6 Å². The van der Waals surface area contributed by atoms with Gasteiger partial charge in [0.1, 0.15) is 23.2 Å². The maximum atomic E-state index is 6.98. The summed E-state index contributed by atoms with van der Waals surface area (Å²) in [5.74, 6) is 1.71. The maximum Gasteiger partial charge on any atom is 0.146 e. The molecule has 10 aromatic rings. The molecule has 0 saturated carbocycles. The molecule has 12 rings (SSSR count). The van der Waals surface area contributed by atoms with E-state index < -0.39 is 0 Å². The van der Waals surface area contributed by atoms with Crippen LogP contribution in [0.5, 0.6) is 5.75 Å². The second-order valence-electron chi connectivity index (χ2n) is 15.1. The molecule has 2 atom stereocenters. The Hall–Kier alpha value is -7.30. The summed E-state index contributed by atoms with van der Waals surface area (Å²) in [4.78, 5) is 0. The summed E-state index contributed by atoms with van der Waals surface area (Å²) < 4.78 is 18.6. The van der Waals surface area contributed by atoms with Gasteiger partial charge in [0.25, 0.3) is 0 Å². The van der Waals surface area contributed by atoms with Crippen molar-refractivity contribution in [2.75, 3.05) is 0 Å². The molecule has 0 spiro atoms. The van der Waals surface area contributed by atoms with Crippen molar-refractivity contribution in [3.8, 4) is 16.9 Å². The van der Waals surface area contributed by atoms with Crippen LogP contribution < -0.4 is 4.74 Å². The summed E-state index contributed by atoms with van der Waals surface area (Å²) >= 11 is 0. The molecule has 0 N–H and O–H groups in total. The predicted molar refractivity (Wildman–Crippen MR) is 238 cm³/mol. The lowest BCUT2D eigenvalue weighted by atomic mass is 9.88. The molecule has 0 radical (unpaired) electrons. The van der Waals surface area contributed by atoms with Crippen LogP contribution in [0.4, 0.5) is 0 Å². The fourth-order valence-corrected chi connectivity index (χ4v) is 9.45. The Bertz CT molecular complexity index is 3310. The average Bonchev–Trinajstić information content (AvgIpc) is 4.02. The van der Waals surface area contributed by atoms with Crippen molar-refractivity contribution in [2.45, 2.75) is 18.9 Å². The zero-order valence-corrected chi connectivity index (χ0v) is 31.3. The van der Waals surface area contributed by atoms with Crippen molar-refractivity contribution in [1.29, 1.82) is 0 Å². The largest absolute Gasteiger partial charge is 0.484 e. The molecule has 0 bridgehead atoms. The van der Waals surface area contributed by atoms with Crippen molar-refractivity contribution >= 4 is 82.8 Å². The number of furan rings is 1. The van der Waals surface area contributed by atoms with Crippen molar-refractivity contribution in [3.63, 3.8) is 0 Å². The number of benzene rings is 7. The van der Waals surface area contributed by atoms with Crippen LogP contribution in [0.1, 0.15) is 24.2 Å². The number of rotatable bonds is 5. The first-order valence-corrected chi connectivity index (χ1v) is 19.7. The highest BCUT2D eigenvalue weighted by atomic mass is 16.5. The molecule has 57 heavy (non-hydrogen) atoms. The standard InChI is InChI=1S/C53H36N2O2/c1-2-37(54-46-19-9-5-15-40(46)41-16-6-10-20-47(41)54)25-27-39-30-36-31-45-44-32-38(55-48-21-11-7-17-42(48)43-18-8-12-22-49(43)55)26-28-50(44)57-53(45)51(52(36)56-39)35-24-23-33-13-3-4-14-34(33)29-35/h2-32,44,50H,1H3/b27-25-,37-2+. The van der Waals surface area contributed by atoms with Crippen LogP contribution in [-0.2, 0) is 0 Å². The van der Waals surface area contributed by atoms with E-state index in [0.29, 0.717) is 0 Å². The molecule has 2 unspecified atom stereocenters. The lowest BCUT2D eigenvalue weighted by molar-refractivity contribution is 0.270. The summed E-state index contributed by atoms with van der Waals surface area (Å²) in [6, 6.07) is 54.3. The van der Waals surface area contributed by atoms with Crippen molar-refractivity contribution < 1.29 is 9.15 Å². The lowest BCUT2D eigenvalue weighted by Gasteiger charge is -2.20. The Morgan fingerprint density at radius 3 is 1.91 bits per heavy atom. The first kappa shape index (κ1) is 32.0. The molecule has 7 aromatic carbocycles. The summed E-state index contributed by atoms with van der Waals surface area (Å²) in [5.41, 5.74) is 11.1. The smallest absolute Gasteiger partial charge is 0.146 e. The van der Waals surface area contributed by atoms with E-state index in [-0.39, 0.29) is 12.0 Å². The van der Waals surface area contributed by atoms with Crippen molar-refractivity contribution in [3.05, 3.63) is 193 Å². The highest BCUT2D eigenvalue weighted by molar-refractivity contribution is 6.12. The number of nitrogens with zero attached hydrogens (tertiary/aromatic N) is 2. The third-order valence-electron chi connectivity index (χ3n) is 12.0. The van der Waals surface area contributed by atoms with Gasteiger partial charge in [-0.1, -0.05) is 115 Å². The van der Waals surface area contributed by atoms with Crippen LogP contribution in [0.2, 0.25) is 0 Å². The topological polar surface area (TPSA) is 32.2 Å². The lowest BCUT2D eigenvalue weighted by Crippen LogP contribution is -2.18. The van der Waals surface area contributed by atoms with Crippen LogP contribution in [-0.4, -0.2) is 15.2 Å². The maximum absolute atomic E-state index is 6.98. The van der Waals surface area contributed by atoms with Gasteiger partial charge in [-0.2, -0.15) is 0 Å². The van der Waals surface area contributed by atoms with Gasteiger partial charge in [0.15, 0.2) is 0 Å². The zero-order valence-electron chi connectivity index (χ0n) is 31.3. The Morgan fingerprint density at radius 1 is 0.614 bits per heavy atom. The minimum absolute atomic E-state index is 0.0300. The number of hydrogen-bond donors (Lipinski definition) is 0. The minimum atomic E-state index is -0.120. The molecule has 1 aliphatic heterocycles. The molecule has 4 heteroatoms. The molecular weight excluding hydrogens is 697 g/mol. The van der Waals surface area contributed by atoms with E-state index in [4.69, 9.17) is 9.15 Å². The SMILES string of the molecule is C/C=C(\C=C/c1cc2cc3c(c(-c4ccc5ccccc5c4)c2o1)OC1C=CC(n2c4ccccc4c4ccccc42)=CC31)n1c2ccccc2c2ccccc21. The van der Waals surface area contributed by atoms with Crippen LogP contribution in [0.3, 0.4) is 0 Å². The summed E-state index contributed by atoms with van der Waals surface area (Å²) in [7, 11) is 0. The van der Waals surface area contributed by atoms with Gasteiger partial charge in [0.2, 0.25) is 0 Å². The van der Waals surface area contributed by atoms with Crippen LogP contribution >= 0.6 is 0 Å². The predicted octanol–water partition coefficient (Wildman–Crippen LogP) is 14.0. The minimum Gasteiger partial charge on any atom is -0.484 e. The van der Waals surface area contributed by atoms with Gasteiger partial charge >= 0.3 is 0 Å². The second kappa shape index (κ2) is 12.4. The normalized spacial score (nSPS) is 16.7. The van der Waals surface area contributed by atoms with E-state index in [1.54, 1.807) is 0 Å². The Kier molecular flexibility index (Phi) is 6.93. The number of aromatic nitrogens is 2. The van der Waals surface area contributed by atoms with Gasteiger partial charge in [-0.05, 0) is 96.1 Å². The Labute approximate surface area is 329 Å². The van der Waals surface area contributed by atoms with Crippen molar-refractivity contribution in [1.82, 2.24) is 9.13 Å². The van der Waals surface area contributed by atoms with E-state index in [1.165, 1.54) is 59.9 Å². The van der Waals surface area contributed by atoms with E-state index in [9.17, 15) is 0 Å². The molecule has 2 aliphatic rings. The molecule has 0 saturated heterocycles. The highest BCUT2D eigenvalue weighted by Crippen LogP contribution is 2.52. The number of hydrogen-bond acceptors (Lipinski definition) is 2. The number of ether oxygens (including phenoxy) is 1. The summed E-state index contributed by atoms with van der Waals surface area (Å²) in [6.45, 7) is 2.09. The monoisotopic (exact) mass is 732 g/mol. The van der Waals surface area contributed by atoms with Crippen LogP contribution in [0, 0.1) is 0 Å². The third kappa shape index (κ3) is 4.80. The number of allylic oxidation sites excluding steroid dienone is 5. The van der Waals surface area contributed by atoms with Crippen LogP contribution in [0.15, 0.2) is 186 Å². The zero-order chi connectivity index (χ0) is 37.6. The summed E-state index contributed by atoms with van der Waals surface area (Å²) in [5, 5.41) is 8.43. The molecule has 1 aliphatic carbocycles. The summed E-state index contributed by atoms with van der Waals surface area (Å²) in [6.07, 6.45) is 13.2. The fraction of sp³-hybridized carbons (Fsp3) is 0.0566. The van der Waals surface area contributed by atoms with Crippen molar-refractivity contribution in [2.24, 2.45) is 0 Å². The van der Waals surface area contributed by atoms with Crippen LogP contribution in [0.25, 0.3) is 94.0 Å². The molecule has 3 aromatic heterocycles. The number of fused-ring (bicyclic) bond motifs is 11. The first-order valence-electron chi connectivity index (χ1n) is 19.7. The van der Waals surface area contributed by atoms with E-state index in [0.717, 1.165) is 45.0 Å². The number of para-hydroxylation sites is 4. The van der Waals surface area contributed by atoms with Gasteiger partial charge < -0.3 is 18.3 Å². The van der Waals surface area contributed by atoms with Gasteiger partial charge in [0, 0.05) is 49.8 Å². The molecule has 4 heterocycles. The van der Waals surface area contributed by atoms with E-state index in [2.05, 4.69) is 204 Å². The Balaban J connectivity index is 1.02. The average molecular weight is 733 g/mol. The van der Waals surface area contributed by atoms with Gasteiger partial charge in [-0.15, -0.1) is 0 Å². The highest BCUT2D eigenvalue weighted by Gasteiger charge is 2.37. The second-order valence-corrected chi connectivity index (χ2v) is 15.1. The van der Waals surface area contributed by atoms with E-state index in [1.807, 2.05) is 0 Å². The molecule has 0 fully saturated rings. The first-order chi connectivity index (χ1) is 28.2. The Morgan fingerprint density at radius 2 is 1.23 bits per heavy atom. The van der Waals surface area contributed by atoms with Gasteiger partial charge in [-0.3, -0.25) is 0 Å². The molecule has 4 nitrogen and oxygen atoms in total. The quantitative estimate of drug-likeness (QED) is 0.165. The third-order valence-corrected chi connectivity index (χ3v) is 12.0.